The van der Waals surface area contributed by atoms with Crippen LogP contribution in [0.4, 0.5) is 0 Å². The smallest absolute Gasteiger partial charge is 0.296 e. The maximum Gasteiger partial charge on any atom is 0.439 e. The predicted molar refractivity (Wildman–Crippen MR) is 156 cm³/mol. The van der Waals surface area contributed by atoms with Crippen LogP contribution in [-0.2, 0) is 25.8 Å². The molecule has 0 aliphatic carbocycles. The first-order valence-electron chi connectivity index (χ1n) is 13.0. The number of rotatable bonds is 8. The monoisotopic (exact) mass is 533 g/mol. The van der Waals surface area contributed by atoms with Gasteiger partial charge in [0.25, 0.3) is 5.56 Å². The van der Waals surface area contributed by atoms with Gasteiger partial charge in [-0.2, -0.15) is 0 Å². The number of benzene rings is 3. The van der Waals surface area contributed by atoms with Crippen molar-refractivity contribution in [2.75, 3.05) is 0 Å². The summed E-state index contributed by atoms with van der Waals surface area (Å²) in [4.78, 5) is 30.1. The second kappa shape index (κ2) is 10.7. The number of hydrogen-bond donors (Lipinski definition) is 1. The molecule has 3 heterocycles. The van der Waals surface area contributed by atoms with Gasteiger partial charge in [-0.05, 0) is 53.6 Å². The zero-order valence-electron chi connectivity index (χ0n) is 21.5. The number of pyridine rings is 1. The molecule has 7 heteroatoms. The zero-order chi connectivity index (χ0) is 26.8. The number of nitrogens with zero attached hydrogens (tertiary/aromatic N) is 2. The highest BCUT2D eigenvalue weighted by Crippen LogP contribution is 2.31. The van der Waals surface area contributed by atoms with Crippen LogP contribution in [0.1, 0.15) is 28.5 Å². The first-order chi connectivity index (χ1) is 19.1. The average molecular weight is 534 g/mol. The molecule has 0 aliphatic heterocycles. The topological polar surface area (TPSA) is 80.9 Å². The van der Waals surface area contributed by atoms with E-state index in [0.29, 0.717) is 18.8 Å². The number of nitrogens with one attached hydrogen (secondary N) is 1. The number of aromatic amines is 1. The molecule has 1 N–H and O–H groups in total. The fourth-order valence-electron chi connectivity index (χ4n) is 4.96. The second-order valence-electron chi connectivity index (χ2n) is 9.56. The van der Waals surface area contributed by atoms with Crippen LogP contribution in [0.15, 0.2) is 105 Å². The Morgan fingerprint density at radius 1 is 0.846 bits per heavy atom. The molecule has 6 aromatic rings. The third kappa shape index (κ3) is 5.13. The van der Waals surface area contributed by atoms with Crippen LogP contribution < -0.4 is 11.3 Å². The summed E-state index contributed by atoms with van der Waals surface area (Å²) >= 11 is 1.70. The molecule has 39 heavy (non-hydrogen) atoms. The highest BCUT2D eigenvalue weighted by molar-refractivity contribution is 7.18. The van der Waals surface area contributed by atoms with Gasteiger partial charge in [0.15, 0.2) is 5.82 Å². The van der Waals surface area contributed by atoms with E-state index in [2.05, 4.69) is 53.5 Å². The lowest BCUT2D eigenvalue weighted by Gasteiger charge is -2.12. The van der Waals surface area contributed by atoms with E-state index in [4.69, 9.17) is 4.52 Å². The van der Waals surface area contributed by atoms with Crippen LogP contribution in [0.2, 0.25) is 0 Å². The predicted octanol–water partition coefficient (Wildman–Crippen LogP) is 6.47. The van der Waals surface area contributed by atoms with E-state index in [0.717, 1.165) is 50.9 Å². The fourth-order valence-corrected chi connectivity index (χ4v) is 6.03. The zero-order valence-corrected chi connectivity index (χ0v) is 22.3. The average Bonchev–Trinajstić information content (AvgIpc) is 3.60. The van der Waals surface area contributed by atoms with Crippen molar-refractivity contribution >= 4 is 21.6 Å². The number of fused-ring (bicyclic) bond motifs is 1. The maximum atomic E-state index is 13.7. The lowest BCUT2D eigenvalue weighted by molar-refractivity contribution is 0.388. The summed E-state index contributed by atoms with van der Waals surface area (Å²) in [6.07, 6.45) is 2.48. The van der Waals surface area contributed by atoms with Crippen molar-refractivity contribution in [3.8, 4) is 22.5 Å². The van der Waals surface area contributed by atoms with Crippen molar-refractivity contribution in [2.45, 2.75) is 32.7 Å². The van der Waals surface area contributed by atoms with Gasteiger partial charge in [0.1, 0.15) is 4.83 Å². The van der Waals surface area contributed by atoms with Crippen LogP contribution in [0, 0.1) is 0 Å². The summed E-state index contributed by atoms with van der Waals surface area (Å²) in [5, 5.41) is 4.99. The van der Waals surface area contributed by atoms with Gasteiger partial charge >= 0.3 is 5.76 Å². The number of aromatic nitrogens is 3. The van der Waals surface area contributed by atoms with Crippen LogP contribution in [0.3, 0.4) is 0 Å². The Labute approximate surface area is 229 Å². The van der Waals surface area contributed by atoms with E-state index in [1.165, 1.54) is 10.4 Å². The van der Waals surface area contributed by atoms with Gasteiger partial charge in [-0.25, -0.2) is 4.79 Å². The highest BCUT2D eigenvalue weighted by Gasteiger charge is 2.15. The highest BCUT2D eigenvalue weighted by atomic mass is 32.1. The second-order valence-corrected chi connectivity index (χ2v) is 10.7. The third-order valence-corrected chi connectivity index (χ3v) is 8.31. The molecule has 0 bridgehead atoms. The molecule has 3 aromatic heterocycles. The van der Waals surface area contributed by atoms with Crippen molar-refractivity contribution < 1.29 is 4.52 Å². The van der Waals surface area contributed by atoms with Gasteiger partial charge in [0.05, 0.1) is 6.54 Å². The number of thiophene rings is 1. The third-order valence-electron chi connectivity index (χ3n) is 6.99. The van der Waals surface area contributed by atoms with Crippen LogP contribution >= 0.6 is 11.3 Å². The number of aryl methyl sites for hydroxylation is 3. The largest absolute Gasteiger partial charge is 0.439 e. The molecule has 0 atom stereocenters. The molecule has 6 rings (SSSR count). The SMILES string of the molecule is CCc1cc2cc(CCc3ccccc3)c(=O)n(Cc3ccc(-c4ccccc4-c4noc(=O)[nH]4)cc3)c2s1. The maximum absolute atomic E-state index is 13.7. The Balaban J connectivity index is 1.33. The van der Waals surface area contributed by atoms with E-state index in [9.17, 15) is 9.59 Å². The van der Waals surface area contributed by atoms with Crippen molar-refractivity contribution in [1.82, 2.24) is 14.7 Å². The first kappa shape index (κ1) is 24.8. The Morgan fingerprint density at radius 3 is 2.31 bits per heavy atom. The summed E-state index contributed by atoms with van der Waals surface area (Å²) in [5.74, 6) is -0.192. The normalized spacial score (nSPS) is 11.3. The van der Waals surface area contributed by atoms with Gasteiger partial charge < -0.3 is 0 Å². The molecule has 0 fully saturated rings. The standard InChI is InChI=1S/C32H27N3O3S/c1-2-26-19-25-18-24(17-12-21-8-4-3-5-9-21)30(36)35(31(25)39-26)20-22-13-15-23(16-14-22)27-10-6-7-11-28(27)29-33-32(37)38-34-29/h3-11,13-16,18-19H,2,12,17,20H2,1H3,(H,33,34,37). The molecule has 0 spiro atoms. The quantitative estimate of drug-likeness (QED) is 0.243. The van der Waals surface area contributed by atoms with Crippen molar-refractivity contribution in [1.29, 1.82) is 0 Å². The summed E-state index contributed by atoms with van der Waals surface area (Å²) in [6, 6.07) is 30.5. The van der Waals surface area contributed by atoms with Gasteiger partial charge in [0, 0.05) is 21.4 Å². The molecule has 194 valence electrons. The molecule has 0 amide bonds. The van der Waals surface area contributed by atoms with Gasteiger partial charge in [-0.3, -0.25) is 18.9 Å². The Kier molecular flexibility index (Phi) is 6.82. The minimum Gasteiger partial charge on any atom is -0.296 e. The van der Waals surface area contributed by atoms with Crippen molar-refractivity contribution in [3.05, 3.63) is 133 Å². The summed E-state index contributed by atoms with van der Waals surface area (Å²) in [6.45, 7) is 2.64. The minimum absolute atomic E-state index is 0.0762. The lowest BCUT2D eigenvalue weighted by Crippen LogP contribution is -2.24. The summed E-state index contributed by atoms with van der Waals surface area (Å²) in [7, 11) is 0. The van der Waals surface area contributed by atoms with E-state index in [1.807, 2.05) is 59.2 Å². The number of H-pyrrole nitrogens is 1. The van der Waals surface area contributed by atoms with E-state index in [-0.39, 0.29) is 5.56 Å². The van der Waals surface area contributed by atoms with Gasteiger partial charge in [-0.15, -0.1) is 11.3 Å². The molecule has 0 saturated heterocycles. The fraction of sp³-hybridized carbons (Fsp3) is 0.156. The molecule has 0 saturated carbocycles. The molecule has 0 radical (unpaired) electrons. The molecule has 0 unspecified atom stereocenters. The Hall–Kier alpha value is -4.49. The molecule has 3 aromatic carbocycles. The van der Waals surface area contributed by atoms with E-state index in [1.54, 1.807) is 11.3 Å². The molecular weight excluding hydrogens is 506 g/mol. The molecule has 6 nitrogen and oxygen atoms in total. The summed E-state index contributed by atoms with van der Waals surface area (Å²) < 4.78 is 6.64. The van der Waals surface area contributed by atoms with Crippen molar-refractivity contribution in [3.63, 3.8) is 0 Å². The summed E-state index contributed by atoms with van der Waals surface area (Å²) in [5.41, 5.74) is 5.89. The van der Waals surface area contributed by atoms with Crippen LogP contribution in [0.5, 0.6) is 0 Å². The Morgan fingerprint density at radius 2 is 1.59 bits per heavy atom. The number of hydrogen-bond acceptors (Lipinski definition) is 5. The molecular formula is C32H27N3O3S. The minimum atomic E-state index is -0.585. The van der Waals surface area contributed by atoms with Gasteiger partial charge in [0.2, 0.25) is 0 Å². The van der Waals surface area contributed by atoms with Gasteiger partial charge in [-0.1, -0.05) is 90.9 Å². The van der Waals surface area contributed by atoms with E-state index < -0.39 is 5.76 Å². The van der Waals surface area contributed by atoms with Crippen LogP contribution in [0.25, 0.3) is 32.7 Å². The first-order valence-corrected chi connectivity index (χ1v) is 13.8. The van der Waals surface area contributed by atoms with Crippen LogP contribution in [-0.4, -0.2) is 14.7 Å². The lowest BCUT2D eigenvalue weighted by atomic mass is 9.98. The molecule has 0 aliphatic rings. The van der Waals surface area contributed by atoms with E-state index >= 15 is 0 Å². The Bertz CT molecular complexity index is 1860. The van der Waals surface area contributed by atoms with Crippen molar-refractivity contribution in [2.24, 2.45) is 0 Å².